The molecule has 0 unspecified atom stereocenters. The van der Waals surface area contributed by atoms with Crippen LogP contribution in [0.3, 0.4) is 0 Å². The van der Waals surface area contributed by atoms with Crippen LogP contribution in [0.15, 0.2) is 23.3 Å². The van der Waals surface area contributed by atoms with Crippen LogP contribution in [0.1, 0.15) is 39.5 Å². The smallest absolute Gasteiger partial charge is 0.277 e. The van der Waals surface area contributed by atoms with Gasteiger partial charge in [-0.15, -0.1) is 0 Å². The lowest BCUT2D eigenvalue weighted by Gasteiger charge is -2.08. The molecule has 0 atom stereocenters. The molecule has 0 spiro atoms. The van der Waals surface area contributed by atoms with E-state index in [1.54, 1.807) is 18.2 Å². The first-order valence-electron chi connectivity index (χ1n) is 6.99. The van der Waals surface area contributed by atoms with Crippen molar-refractivity contribution in [2.75, 3.05) is 6.61 Å². The minimum atomic E-state index is -0.314. The van der Waals surface area contributed by atoms with E-state index in [0.29, 0.717) is 15.8 Å². The van der Waals surface area contributed by atoms with Crippen molar-refractivity contribution in [1.82, 2.24) is 5.43 Å². The first kappa shape index (κ1) is 17.8. The van der Waals surface area contributed by atoms with Gasteiger partial charge >= 0.3 is 0 Å². The number of hydrogen-bond acceptors (Lipinski definition) is 3. The Morgan fingerprint density at radius 1 is 1.24 bits per heavy atom. The maximum atomic E-state index is 11.7. The van der Waals surface area contributed by atoms with Gasteiger partial charge in [-0.25, -0.2) is 5.43 Å². The van der Waals surface area contributed by atoms with Gasteiger partial charge in [0.1, 0.15) is 5.75 Å². The molecule has 4 nitrogen and oxygen atoms in total. The molecule has 1 aromatic carbocycles. The standard InChI is InChI=1S/C15H20Cl2N2O2/c1-3-5-12(6-4-2)18-19-15(20)10-21-14-8-7-11(16)9-13(14)17/h7-9H,3-6,10H2,1-2H3,(H,19,20). The Bertz CT molecular complexity index is 496. The van der Waals surface area contributed by atoms with Crippen LogP contribution in [0.5, 0.6) is 5.75 Å². The first-order chi connectivity index (χ1) is 10.1. The molecule has 0 aliphatic carbocycles. The first-order valence-corrected chi connectivity index (χ1v) is 7.74. The fraction of sp³-hybridized carbons (Fsp3) is 0.467. The van der Waals surface area contributed by atoms with Gasteiger partial charge in [0.05, 0.1) is 5.02 Å². The van der Waals surface area contributed by atoms with Crippen LogP contribution in [0, 0.1) is 0 Å². The van der Waals surface area contributed by atoms with Gasteiger partial charge < -0.3 is 4.74 Å². The van der Waals surface area contributed by atoms with E-state index in [1.165, 1.54) is 0 Å². The lowest BCUT2D eigenvalue weighted by Crippen LogP contribution is -2.25. The second kappa shape index (κ2) is 9.64. The highest BCUT2D eigenvalue weighted by atomic mass is 35.5. The maximum Gasteiger partial charge on any atom is 0.277 e. The van der Waals surface area contributed by atoms with Crippen LogP contribution >= 0.6 is 23.2 Å². The Labute approximate surface area is 135 Å². The molecule has 1 rings (SSSR count). The van der Waals surface area contributed by atoms with Crippen LogP contribution in [0.4, 0.5) is 0 Å². The molecule has 0 aliphatic rings. The number of carbonyl (C=O) groups is 1. The molecular formula is C15H20Cl2N2O2. The normalized spacial score (nSPS) is 10.1. The molecule has 6 heteroatoms. The molecule has 116 valence electrons. The summed E-state index contributed by atoms with van der Waals surface area (Å²) in [7, 11) is 0. The molecule has 21 heavy (non-hydrogen) atoms. The van der Waals surface area contributed by atoms with Gasteiger partial charge in [0.15, 0.2) is 6.61 Å². The highest BCUT2D eigenvalue weighted by Crippen LogP contribution is 2.27. The van der Waals surface area contributed by atoms with Crippen LogP contribution in [-0.2, 0) is 4.79 Å². The summed E-state index contributed by atoms with van der Waals surface area (Å²) in [5, 5.41) is 5.03. The van der Waals surface area contributed by atoms with Gasteiger partial charge in [-0.3, -0.25) is 4.79 Å². The lowest BCUT2D eigenvalue weighted by atomic mass is 10.1. The Hall–Kier alpha value is -1.26. The zero-order chi connectivity index (χ0) is 15.7. The summed E-state index contributed by atoms with van der Waals surface area (Å²) >= 11 is 11.7. The SMILES string of the molecule is CCCC(CCC)=NNC(=O)COc1ccc(Cl)cc1Cl. The topological polar surface area (TPSA) is 50.7 Å². The van der Waals surface area contributed by atoms with Crippen molar-refractivity contribution in [1.29, 1.82) is 0 Å². The summed E-state index contributed by atoms with van der Waals surface area (Å²) < 4.78 is 5.33. The third kappa shape index (κ3) is 6.82. The Balaban J connectivity index is 2.48. The number of hydrazone groups is 1. The fourth-order valence-electron chi connectivity index (χ4n) is 1.72. The summed E-state index contributed by atoms with van der Waals surface area (Å²) in [6, 6.07) is 4.84. The number of amides is 1. The molecule has 1 aromatic rings. The van der Waals surface area contributed by atoms with Crippen molar-refractivity contribution in [3.05, 3.63) is 28.2 Å². The van der Waals surface area contributed by atoms with Gasteiger partial charge in [0.2, 0.25) is 0 Å². The molecule has 0 fully saturated rings. The van der Waals surface area contributed by atoms with E-state index in [4.69, 9.17) is 27.9 Å². The van der Waals surface area contributed by atoms with Crippen LogP contribution in [-0.4, -0.2) is 18.2 Å². The second-order valence-electron chi connectivity index (χ2n) is 4.58. The number of halogens is 2. The quantitative estimate of drug-likeness (QED) is 0.565. The highest BCUT2D eigenvalue weighted by molar-refractivity contribution is 6.35. The van der Waals surface area contributed by atoms with Gasteiger partial charge in [0.25, 0.3) is 5.91 Å². The Morgan fingerprint density at radius 2 is 1.90 bits per heavy atom. The number of hydrogen-bond donors (Lipinski definition) is 1. The van der Waals surface area contributed by atoms with Gasteiger partial charge in [-0.1, -0.05) is 49.9 Å². The average Bonchev–Trinajstić information content (AvgIpc) is 2.44. The molecule has 0 radical (unpaired) electrons. The summed E-state index contributed by atoms with van der Waals surface area (Å²) in [6.45, 7) is 4.02. The minimum Gasteiger partial charge on any atom is -0.482 e. The third-order valence-corrected chi connectivity index (χ3v) is 3.20. The Kier molecular flexibility index (Phi) is 8.16. The van der Waals surface area contributed by atoms with Crippen molar-refractivity contribution >= 4 is 34.8 Å². The van der Waals surface area contributed by atoms with Gasteiger partial charge in [-0.2, -0.15) is 5.10 Å². The number of rotatable bonds is 8. The molecule has 0 heterocycles. The molecule has 0 saturated carbocycles. The summed E-state index contributed by atoms with van der Waals surface area (Å²) in [5.41, 5.74) is 3.51. The zero-order valence-electron chi connectivity index (χ0n) is 12.3. The zero-order valence-corrected chi connectivity index (χ0v) is 13.8. The molecule has 0 aromatic heterocycles. The maximum absolute atomic E-state index is 11.7. The second-order valence-corrected chi connectivity index (χ2v) is 5.42. The van der Waals surface area contributed by atoms with Crippen molar-refractivity contribution in [3.8, 4) is 5.75 Å². The predicted octanol–water partition coefficient (Wildman–Crippen LogP) is 4.44. The number of carbonyl (C=O) groups excluding carboxylic acids is 1. The van der Waals surface area contributed by atoms with Crippen LogP contribution < -0.4 is 10.2 Å². The van der Waals surface area contributed by atoms with E-state index in [-0.39, 0.29) is 12.5 Å². The van der Waals surface area contributed by atoms with E-state index in [2.05, 4.69) is 24.4 Å². The number of ether oxygens (including phenoxy) is 1. The molecule has 0 saturated heterocycles. The number of nitrogens with zero attached hydrogens (tertiary/aromatic N) is 1. The van der Waals surface area contributed by atoms with Crippen molar-refractivity contribution in [3.63, 3.8) is 0 Å². The van der Waals surface area contributed by atoms with Gasteiger partial charge in [0, 0.05) is 10.7 Å². The number of benzene rings is 1. The average molecular weight is 331 g/mol. The monoisotopic (exact) mass is 330 g/mol. The lowest BCUT2D eigenvalue weighted by molar-refractivity contribution is -0.123. The van der Waals surface area contributed by atoms with E-state index in [0.717, 1.165) is 31.4 Å². The predicted molar refractivity (Wildman–Crippen MR) is 87.4 cm³/mol. The number of nitrogens with one attached hydrogen (secondary N) is 1. The van der Waals surface area contributed by atoms with Crippen molar-refractivity contribution < 1.29 is 9.53 Å². The summed E-state index contributed by atoms with van der Waals surface area (Å²) in [6.07, 6.45) is 3.78. The van der Waals surface area contributed by atoms with Gasteiger partial charge in [-0.05, 0) is 31.0 Å². The largest absolute Gasteiger partial charge is 0.482 e. The summed E-state index contributed by atoms with van der Waals surface area (Å²) in [4.78, 5) is 11.7. The fourth-order valence-corrected chi connectivity index (χ4v) is 2.19. The van der Waals surface area contributed by atoms with E-state index >= 15 is 0 Å². The minimum absolute atomic E-state index is 0.142. The molecule has 1 amide bonds. The molecule has 0 bridgehead atoms. The van der Waals surface area contributed by atoms with Crippen molar-refractivity contribution in [2.24, 2.45) is 5.10 Å². The van der Waals surface area contributed by atoms with Crippen molar-refractivity contribution in [2.45, 2.75) is 39.5 Å². The highest BCUT2D eigenvalue weighted by Gasteiger charge is 2.06. The molecule has 1 N–H and O–H groups in total. The summed E-state index contributed by atoms with van der Waals surface area (Å²) in [5.74, 6) is 0.105. The molecule has 0 aliphatic heterocycles. The molecular weight excluding hydrogens is 311 g/mol. The van der Waals surface area contributed by atoms with E-state index < -0.39 is 0 Å². The van der Waals surface area contributed by atoms with Crippen LogP contribution in [0.25, 0.3) is 0 Å². The Morgan fingerprint density at radius 3 is 2.48 bits per heavy atom. The van der Waals surface area contributed by atoms with E-state index in [9.17, 15) is 4.79 Å². The third-order valence-electron chi connectivity index (χ3n) is 2.67. The van der Waals surface area contributed by atoms with E-state index in [1.807, 2.05) is 0 Å². The van der Waals surface area contributed by atoms with Crippen LogP contribution in [0.2, 0.25) is 10.0 Å².